The van der Waals surface area contributed by atoms with Gasteiger partial charge in [-0.25, -0.2) is 0 Å². The first kappa shape index (κ1) is 14.6. The molecule has 0 bridgehead atoms. The zero-order valence-corrected chi connectivity index (χ0v) is 12.5. The van der Waals surface area contributed by atoms with Crippen molar-refractivity contribution in [2.45, 2.75) is 46.6 Å². The maximum atomic E-state index is 11.1. The summed E-state index contributed by atoms with van der Waals surface area (Å²) in [6.45, 7) is 6.66. The summed E-state index contributed by atoms with van der Waals surface area (Å²) in [7, 11) is 0. The van der Waals surface area contributed by atoms with E-state index in [0.717, 1.165) is 25.8 Å². The highest BCUT2D eigenvalue weighted by molar-refractivity contribution is 5.83. The van der Waals surface area contributed by atoms with Crippen molar-refractivity contribution >= 4 is 16.9 Å². The lowest BCUT2D eigenvalue weighted by Gasteiger charge is -2.18. The molecular formula is C17H23NO2. The smallest absolute Gasteiger partial charge is 0.309 e. The fourth-order valence-corrected chi connectivity index (χ4v) is 2.53. The summed E-state index contributed by atoms with van der Waals surface area (Å²) in [6, 6.07) is 8.51. The molecule has 0 fully saturated rings. The number of aryl methyl sites for hydroxylation is 2. The van der Waals surface area contributed by atoms with Crippen LogP contribution in [0.1, 0.15) is 38.7 Å². The summed E-state index contributed by atoms with van der Waals surface area (Å²) in [5.41, 5.74) is 1.95. The zero-order chi connectivity index (χ0) is 14.8. The van der Waals surface area contributed by atoms with Gasteiger partial charge < -0.3 is 9.67 Å². The van der Waals surface area contributed by atoms with Crippen LogP contribution < -0.4 is 0 Å². The third-order valence-electron chi connectivity index (χ3n) is 4.06. The van der Waals surface area contributed by atoms with Crippen molar-refractivity contribution in [3.63, 3.8) is 0 Å². The zero-order valence-electron chi connectivity index (χ0n) is 12.5. The number of aliphatic carboxylic acids is 1. The van der Waals surface area contributed by atoms with Crippen LogP contribution in [0.25, 0.3) is 10.9 Å². The molecule has 0 spiro atoms. The Hall–Kier alpha value is -1.77. The SMILES string of the molecule is Cc1cccc2c1ccn2CCCCC(C)(C)C(=O)O. The Morgan fingerprint density at radius 3 is 2.70 bits per heavy atom. The van der Waals surface area contributed by atoms with Gasteiger partial charge in [0.2, 0.25) is 0 Å². The number of fused-ring (bicyclic) bond motifs is 1. The molecule has 0 unspecified atom stereocenters. The number of hydrogen-bond acceptors (Lipinski definition) is 1. The highest BCUT2D eigenvalue weighted by Crippen LogP contribution is 2.24. The van der Waals surface area contributed by atoms with Crippen LogP contribution in [0.5, 0.6) is 0 Å². The van der Waals surface area contributed by atoms with Gasteiger partial charge in [0.05, 0.1) is 5.41 Å². The number of carboxylic acid groups (broad SMARTS) is 1. The Balaban J connectivity index is 1.94. The average molecular weight is 273 g/mol. The normalized spacial score (nSPS) is 11.9. The molecule has 0 saturated carbocycles. The molecule has 1 aromatic heterocycles. The van der Waals surface area contributed by atoms with Crippen molar-refractivity contribution in [1.82, 2.24) is 4.57 Å². The van der Waals surface area contributed by atoms with Gasteiger partial charge in [0.15, 0.2) is 0 Å². The molecule has 0 aliphatic rings. The van der Waals surface area contributed by atoms with E-state index < -0.39 is 11.4 Å². The van der Waals surface area contributed by atoms with Gasteiger partial charge in [0.25, 0.3) is 0 Å². The fourth-order valence-electron chi connectivity index (χ4n) is 2.53. The van der Waals surface area contributed by atoms with Crippen molar-refractivity contribution in [2.24, 2.45) is 5.41 Å². The van der Waals surface area contributed by atoms with Crippen LogP contribution >= 0.6 is 0 Å². The van der Waals surface area contributed by atoms with Crippen LogP contribution in [-0.4, -0.2) is 15.6 Å². The second-order valence-corrected chi connectivity index (χ2v) is 6.16. The van der Waals surface area contributed by atoms with E-state index in [2.05, 4.69) is 42.0 Å². The minimum Gasteiger partial charge on any atom is -0.481 e. The van der Waals surface area contributed by atoms with Crippen molar-refractivity contribution in [2.75, 3.05) is 0 Å². The van der Waals surface area contributed by atoms with Crippen LogP contribution in [0.4, 0.5) is 0 Å². The largest absolute Gasteiger partial charge is 0.481 e. The molecule has 3 heteroatoms. The number of benzene rings is 1. The van der Waals surface area contributed by atoms with Gasteiger partial charge in [0.1, 0.15) is 0 Å². The van der Waals surface area contributed by atoms with E-state index in [1.165, 1.54) is 16.5 Å². The monoisotopic (exact) mass is 273 g/mol. The maximum absolute atomic E-state index is 11.1. The van der Waals surface area contributed by atoms with Gasteiger partial charge in [-0.15, -0.1) is 0 Å². The first-order valence-corrected chi connectivity index (χ1v) is 7.20. The predicted octanol–water partition coefficient (Wildman–Crippen LogP) is 4.23. The summed E-state index contributed by atoms with van der Waals surface area (Å²) < 4.78 is 2.26. The second-order valence-electron chi connectivity index (χ2n) is 6.16. The Bertz CT molecular complexity index is 610. The summed E-state index contributed by atoms with van der Waals surface area (Å²) in [5.74, 6) is -0.709. The number of nitrogens with zero attached hydrogens (tertiary/aromatic N) is 1. The highest BCUT2D eigenvalue weighted by atomic mass is 16.4. The minimum absolute atomic E-state index is 0.616. The van der Waals surface area contributed by atoms with Crippen molar-refractivity contribution in [3.8, 4) is 0 Å². The van der Waals surface area contributed by atoms with E-state index in [0.29, 0.717) is 0 Å². The van der Waals surface area contributed by atoms with Gasteiger partial charge >= 0.3 is 5.97 Å². The van der Waals surface area contributed by atoms with Gasteiger partial charge in [-0.2, -0.15) is 0 Å². The molecule has 0 aliphatic heterocycles. The lowest BCUT2D eigenvalue weighted by molar-refractivity contribution is -0.147. The highest BCUT2D eigenvalue weighted by Gasteiger charge is 2.25. The van der Waals surface area contributed by atoms with Crippen LogP contribution in [-0.2, 0) is 11.3 Å². The van der Waals surface area contributed by atoms with E-state index >= 15 is 0 Å². The lowest BCUT2D eigenvalue weighted by atomic mass is 9.87. The number of rotatable bonds is 6. The van der Waals surface area contributed by atoms with Crippen LogP contribution in [0.2, 0.25) is 0 Å². The Morgan fingerprint density at radius 1 is 1.25 bits per heavy atom. The number of hydrogen-bond donors (Lipinski definition) is 1. The molecule has 2 rings (SSSR count). The van der Waals surface area contributed by atoms with Crippen molar-refractivity contribution in [1.29, 1.82) is 0 Å². The summed E-state index contributed by atoms with van der Waals surface area (Å²) in [4.78, 5) is 11.1. The molecule has 0 radical (unpaired) electrons. The molecule has 2 aromatic rings. The number of carbonyl (C=O) groups is 1. The Morgan fingerprint density at radius 2 is 2.00 bits per heavy atom. The quantitative estimate of drug-likeness (QED) is 0.800. The molecule has 0 amide bonds. The third kappa shape index (κ3) is 3.03. The first-order valence-electron chi connectivity index (χ1n) is 7.20. The van der Waals surface area contributed by atoms with Crippen molar-refractivity contribution in [3.05, 3.63) is 36.0 Å². The third-order valence-corrected chi connectivity index (χ3v) is 4.06. The molecule has 1 N–H and O–H groups in total. The van der Waals surface area contributed by atoms with Crippen LogP contribution in [0.3, 0.4) is 0 Å². The Labute approximate surface area is 120 Å². The van der Waals surface area contributed by atoms with Gasteiger partial charge in [0, 0.05) is 23.6 Å². The van der Waals surface area contributed by atoms with Gasteiger partial charge in [-0.1, -0.05) is 18.6 Å². The maximum Gasteiger partial charge on any atom is 0.309 e. The number of aromatic nitrogens is 1. The summed E-state index contributed by atoms with van der Waals surface area (Å²) in [5, 5.41) is 10.4. The molecule has 1 heterocycles. The number of unbranched alkanes of at least 4 members (excludes halogenated alkanes) is 1. The molecule has 3 nitrogen and oxygen atoms in total. The molecule has 0 saturated heterocycles. The fraction of sp³-hybridized carbons (Fsp3) is 0.471. The van der Waals surface area contributed by atoms with E-state index in [9.17, 15) is 4.79 Å². The van der Waals surface area contributed by atoms with Crippen LogP contribution in [0.15, 0.2) is 30.5 Å². The lowest BCUT2D eigenvalue weighted by Crippen LogP contribution is -2.23. The molecule has 0 atom stereocenters. The van der Waals surface area contributed by atoms with Gasteiger partial charge in [-0.3, -0.25) is 4.79 Å². The summed E-state index contributed by atoms with van der Waals surface area (Å²) >= 11 is 0. The Kier molecular flexibility index (Phi) is 4.17. The summed E-state index contributed by atoms with van der Waals surface area (Å²) in [6.07, 6.45) is 4.79. The molecular weight excluding hydrogens is 250 g/mol. The standard InChI is InChI=1S/C17H23NO2/c1-13-7-6-8-15-14(13)9-12-18(15)11-5-4-10-17(2,3)16(19)20/h6-9,12H,4-5,10-11H2,1-3H3,(H,19,20). The van der Waals surface area contributed by atoms with E-state index in [4.69, 9.17) is 5.11 Å². The predicted molar refractivity (Wildman–Crippen MR) is 81.9 cm³/mol. The van der Waals surface area contributed by atoms with E-state index in [-0.39, 0.29) is 0 Å². The second kappa shape index (κ2) is 5.70. The number of carboxylic acids is 1. The van der Waals surface area contributed by atoms with Crippen LogP contribution in [0, 0.1) is 12.3 Å². The first-order chi connectivity index (χ1) is 9.42. The average Bonchev–Trinajstić information content (AvgIpc) is 2.79. The minimum atomic E-state index is -0.709. The molecule has 20 heavy (non-hydrogen) atoms. The molecule has 1 aromatic carbocycles. The van der Waals surface area contributed by atoms with E-state index in [1.54, 1.807) is 13.8 Å². The molecule has 108 valence electrons. The topological polar surface area (TPSA) is 42.2 Å². The molecule has 0 aliphatic carbocycles. The van der Waals surface area contributed by atoms with Crippen molar-refractivity contribution < 1.29 is 9.90 Å². The van der Waals surface area contributed by atoms with Gasteiger partial charge in [-0.05, 0) is 51.3 Å². The van der Waals surface area contributed by atoms with E-state index in [1.807, 2.05) is 0 Å².